The van der Waals surface area contributed by atoms with Crippen molar-refractivity contribution in [2.75, 3.05) is 5.33 Å². The van der Waals surface area contributed by atoms with E-state index in [0.717, 1.165) is 16.2 Å². The fraction of sp³-hybridized carbons (Fsp3) is 0.250. The predicted octanol–water partition coefficient (Wildman–Crippen LogP) is 5.48. The van der Waals surface area contributed by atoms with E-state index in [0.29, 0.717) is 5.92 Å². The highest BCUT2D eigenvalue weighted by Crippen LogP contribution is 2.26. The monoisotopic (exact) mass is 366 g/mol. The van der Waals surface area contributed by atoms with Gasteiger partial charge in [0, 0.05) is 9.80 Å². The highest BCUT2D eigenvalue weighted by molar-refractivity contribution is 9.10. The normalized spacial score (nSPS) is 12.4. The number of rotatable bonds is 4. The first-order valence-corrected chi connectivity index (χ1v) is 7.98. The van der Waals surface area contributed by atoms with Gasteiger partial charge in [-0.2, -0.15) is 0 Å². The lowest BCUT2D eigenvalue weighted by atomic mass is 9.91. The molecule has 2 aromatic rings. The highest BCUT2D eigenvalue weighted by Gasteiger charge is 2.13. The second-order valence-corrected chi connectivity index (χ2v) is 6.11. The van der Waals surface area contributed by atoms with E-state index < -0.39 is 0 Å². The molecule has 1 unspecified atom stereocenters. The minimum absolute atomic E-state index is 0.528. The first kappa shape index (κ1) is 13.8. The van der Waals surface area contributed by atoms with Gasteiger partial charge in [0.05, 0.1) is 0 Å². The first-order valence-electron chi connectivity index (χ1n) is 6.06. The Morgan fingerprint density at radius 3 is 2.50 bits per heavy atom. The minimum Gasteiger partial charge on any atom is -0.0921 e. The predicted molar refractivity (Wildman–Crippen MR) is 85.6 cm³/mol. The van der Waals surface area contributed by atoms with E-state index in [1.54, 1.807) is 0 Å². The number of benzene rings is 2. The van der Waals surface area contributed by atoms with E-state index in [1.165, 1.54) is 16.7 Å². The van der Waals surface area contributed by atoms with Crippen LogP contribution in [-0.2, 0) is 6.42 Å². The Bertz CT molecular complexity index is 520. The standard InChI is InChI=1S/C16H16Br2/c1-12-5-2-3-8-16(12)14(11-17)9-13-6-4-7-15(18)10-13/h2-8,10,14H,9,11H2,1H3. The van der Waals surface area contributed by atoms with Crippen LogP contribution in [0.15, 0.2) is 53.0 Å². The second-order valence-electron chi connectivity index (χ2n) is 4.54. The first-order chi connectivity index (χ1) is 8.70. The fourth-order valence-electron chi connectivity index (χ4n) is 2.24. The van der Waals surface area contributed by atoms with E-state index >= 15 is 0 Å². The van der Waals surface area contributed by atoms with Crippen molar-refractivity contribution < 1.29 is 0 Å². The van der Waals surface area contributed by atoms with E-state index in [2.05, 4.69) is 87.3 Å². The SMILES string of the molecule is Cc1ccccc1C(CBr)Cc1cccc(Br)c1. The van der Waals surface area contributed by atoms with Crippen LogP contribution in [0.1, 0.15) is 22.6 Å². The Morgan fingerprint density at radius 2 is 1.83 bits per heavy atom. The van der Waals surface area contributed by atoms with Crippen LogP contribution in [0.5, 0.6) is 0 Å². The summed E-state index contributed by atoms with van der Waals surface area (Å²) in [6.07, 6.45) is 1.07. The van der Waals surface area contributed by atoms with E-state index in [-0.39, 0.29) is 0 Å². The van der Waals surface area contributed by atoms with Crippen LogP contribution in [0.25, 0.3) is 0 Å². The van der Waals surface area contributed by atoms with E-state index in [9.17, 15) is 0 Å². The number of hydrogen-bond donors (Lipinski definition) is 0. The maximum absolute atomic E-state index is 3.65. The van der Waals surface area contributed by atoms with Gasteiger partial charge in [-0.15, -0.1) is 0 Å². The second kappa shape index (κ2) is 6.53. The Labute approximate surface area is 126 Å². The third-order valence-electron chi connectivity index (χ3n) is 3.19. The molecule has 0 aliphatic rings. The summed E-state index contributed by atoms with van der Waals surface area (Å²) in [6.45, 7) is 2.19. The Kier molecular flexibility index (Phi) is 5.02. The van der Waals surface area contributed by atoms with Gasteiger partial charge in [0.2, 0.25) is 0 Å². The molecule has 0 N–H and O–H groups in total. The average Bonchev–Trinajstić information content (AvgIpc) is 2.37. The molecule has 2 aromatic carbocycles. The molecule has 2 heteroatoms. The summed E-state index contributed by atoms with van der Waals surface area (Å²) in [5.41, 5.74) is 4.18. The third kappa shape index (κ3) is 3.46. The van der Waals surface area contributed by atoms with Crippen LogP contribution in [0.4, 0.5) is 0 Å². The van der Waals surface area contributed by atoms with Crippen molar-refractivity contribution in [1.82, 2.24) is 0 Å². The van der Waals surface area contributed by atoms with Gasteiger partial charge in [-0.05, 0) is 48.1 Å². The van der Waals surface area contributed by atoms with Gasteiger partial charge in [-0.25, -0.2) is 0 Å². The maximum Gasteiger partial charge on any atom is 0.0177 e. The van der Waals surface area contributed by atoms with Crippen molar-refractivity contribution in [2.24, 2.45) is 0 Å². The molecule has 0 aliphatic heterocycles. The molecule has 0 saturated heterocycles. The largest absolute Gasteiger partial charge is 0.0921 e. The topological polar surface area (TPSA) is 0 Å². The number of alkyl halides is 1. The number of aryl methyl sites for hydroxylation is 1. The summed E-state index contributed by atoms with van der Waals surface area (Å²) in [7, 11) is 0. The minimum atomic E-state index is 0.528. The van der Waals surface area contributed by atoms with Crippen molar-refractivity contribution in [3.8, 4) is 0 Å². The van der Waals surface area contributed by atoms with Gasteiger partial charge in [-0.1, -0.05) is 68.3 Å². The number of halogens is 2. The van der Waals surface area contributed by atoms with Crippen LogP contribution >= 0.6 is 31.9 Å². The lowest BCUT2D eigenvalue weighted by Gasteiger charge is -2.17. The van der Waals surface area contributed by atoms with Crippen molar-refractivity contribution in [2.45, 2.75) is 19.3 Å². The molecule has 0 aliphatic carbocycles. The Hall–Kier alpha value is -0.600. The van der Waals surface area contributed by atoms with Gasteiger partial charge >= 0.3 is 0 Å². The average molecular weight is 368 g/mol. The lowest BCUT2D eigenvalue weighted by Crippen LogP contribution is -2.06. The van der Waals surface area contributed by atoms with Crippen LogP contribution in [0.2, 0.25) is 0 Å². The highest BCUT2D eigenvalue weighted by atomic mass is 79.9. The summed E-state index contributed by atoms with van der Waals surface area (Å²) in [4.78, 5) is 0. The van der Waals surface area contributed by atoms with Crippen molar-refractivity contribution in [3.05, 3.63) is 69.7 Å². The molecule has 0 amide bonds. The van der Waals surface area contributed by atoms with Gasteiger partial charge in [0.25, 0.3) is 0 Å². The summed E-state index contributed by atoms with van der Waals surface area (Å²) >= 11 is 7.18. The van der Waals surface area contributed by atoms with Crippen LogP contribution in [0, 0.1) is 6.92 Å². The molecule has 2 rings (SSSR count). The van der Waals surface area contributed by atoms with E-state index in [4.69, 9.17) is 0 Å². The molecule has 0 spiro atoms. The van der Waals surface area contributed by atoms with Crippen LogP contribution in [-0.4, -0.2) is 5.33 Å². The van der Waals surface area contributed by atoms with Gasteiger partial charge < -0.3 is 0 Å². The van der Waals surface area contributed by atoms with Crippen LogP contribution < -0.4 is 0 Å². The van der Waals surface area contributed by atoms with Crippen molar-refractivity contribution in [3.63, 3.8) is 0 Å². The summed E-state index contributed by atoms with van der Waals surface area (Å²) in [5, 5.41) is 0.990. The smallest absolute Gasteiger partial charge is 0.0177 e. The van der Waals surface area contributed by atoms with Crippen LogP contribution in [0.3, 0.4) is 0 Å². The molecule has 0 radical (unpaired) electrons. The quantitative estimate of drug-likeness (QED) is 0.627. The van der Waals surface area contributed by atoms with E-state index in [1.807, 2.05) is 0 Å². The zero-order valence-electron chi connectivity index (χ0n) is 10.4. The molecule has 0 aromatic heterocycles. The molecule has 0 bridgehead atoms. The summed E-state index contributed by atoms with van der Waals surface area (Å²) < 4.78 is 1.15. The lowest BCUT2D eigenvalue weighted by molar-refractivity contribution is 0.769. The maximum atomic E-state index is 3.65. The van der Waals surface area contributed by atoms with Gasteiger partial charge in [0.1, 0.15) is 0 Å². The fourth-order valence-corrected chi connectivity index (χ4v) is 3.27. The molecular formula is C16H16Br2. The summed E-state index contributed by atoms with van der Waals surface area (Å²) in [6, 6.07) is 17.2. The Morgan fingerprint density at radius 1 is 1.06 bits per heavy atom. The van der Waals surface area contributed by atoms with Gasteiger partial charge in [0.15, 0.2) is 0 Å². The van der Waals surface area contributed by atoms with Gasteiger partial charge in [-0.3, -0.25) is 0 Å². The molecule has 0 saturated carbocycles. The number of hydrogen-bond acceptors (Lipinski definition) is 0. The molecule has 0 heterocycles. The molecule has 1 atom stereocenters. The van der Waals surface area contributed by atoms with Crippen molar-refractivity contribution >= 4 is 31.9 Å². The Balaban J connectivity index is 2.23. The zero-order chi connectivity index (χ0) is 13.0. The molecule has 94 valence electrons. The third-order valence-corrected chi connectivity index (χ3v) is 4.46. The zero-order valence-corrected chi connectivity index (χ0v) is 13.5. The molecule has 0 nitrogen and oxygen atoms in total. The van der Waals surface area contributed by atoms with Crippen molar-refractivity contribution in [1.29, 1.82) is 0 Å². The molecular weight excluding hydrogens is 352 g/mol. The molecule has 18 heavy (non-hydrogen) atoms. The summed E-state index contributed by atoms with van der Waals surface area (Å²) in [5.74, 6) is 0.528. The molecule has 0 fully saturated rings.